The molecule has 0 saturated carbocycles. The van der Waals surface area contributed by atoms with E-state index in [0.29, 0.717) is 10.6 Å². The van der Waals surface area contributed by atoms with Crippen LogP contribution in [0, 0.1) is 5.82 Å². The summed E-state index contributed by atoms with van der Waals surface area (Å²) in [4.78, 5) is 4.34. The molecule has 0 bridgehead atoms. The second kappa shape index (κ2) is 5.80. The van der Waals surface area contributed by atoms with Crippen molar-refractivity contribution < 1.29 is 4.39 Å². The van der Waals surface area contributed by atoms with Crippen molar-refractivity contribution in [3.8, 4) is 0 Å². The minimum Gasteiger partial charge on any atom is -0.309 e. The molecule has 0 fully saturated rings. The number of nitrogens with zero attached hydrogens (tertiary/aromatic N) is 1. The van der Waals surface area contributed by atoms with Gasteiger partial charge in [-0.3, -0.25) is 4.98 Å². The number of pyridine rings is 1. The maximum absolute atomic E-state index is 14.1. The normalized spacial score (nSPS) is 12.5. The number of rotatable bonds is 3. The van der Waals surface area contributed by atoms with E-state index >= 15 is 0 Å². The molecular weight excluding hydrogens is 287 g/mol. The number of hydrogen-bond donors (Lipinski definition) is 1. The van der Waals surface area contributed by atoms with E-state index in [1.807, 2.05) is 30.3 Å². The van der Waals surface area contributed by atoms with E-state index in [0.717, 1.165) is 16.5 Å². The molecule has 0 amide bonds. The highest BCUT2D eigenvalue weighted by Crippen LogP contribution is 2.31. The molecule has 0 aliphatic carbocycles. The van der Waals surface area contributed by atoms with Gasteiger partial charge in [-0.25, -0.2) is 4.39 Å². The van der Waals surface area contributed by atoms with E-state index in [4.69, 9.17) is 11.6 Å². The lowest BCUT2D eigenvalue weighted by molar-refractivity contribution is 0.576. The Morgan fingerprint density at radius 2 is 2.00 bits per heavy atom. The fourth-order valence-electron chi connectivity index (χ4n) is 2.53. The summed E-state index contributed by atoms with van der Waals surface area (Å²) in [6.07, 6.45) is 1.75. The number of aromatic nitrogens is 1. The lowest BCUT2D eigenvalue weighted by atomic mass is 9.97. The molecule has 1 heterocycles. The number of benzene rings is 2. The molecule has 1 atom stereocenters. The van der Waals surface area contributed by atoms with Crippen LogP contribution >= 0.6 is 11.6 Å². The molecule has 1 aromatic heterocycles. The van der Waals surface area contributed by atoms with Gasteiger partial charge in [0.2, 0.25) is 0 Å². The van der Waals surface area contributed by atoms with Gasteiger partial charge in [-0.1, -0.05) is 35.9 Å². The molecule has 3 rings (SSSR count). The third kappa shape index (κ3) is 2.62. The van der Waals surface area contributed by atoms with Crippen LogP contribution in [0.15, 0.2) is 54.7 Å². The molecule has 1 N–H and O–H groups in total. The first kappa shape index (κ1) is 14.0. The van der Waals surface area contributed by atoms with Gasteiger partial charge in [-0.15, -0.1) is 0 Å². The van der Waals surface area contributed by atoms with Gasteiger partial charge in [-0.05, 0) is 36.9 Å². The summed E-state index contributed by atoms with van der Waals surface area (Å²) in [5.74, 6) is -0.317. The largest absolute Gasteiger partial charge is 0.309 e. The SMILES string of the molecule is CNC(c1ccc2cccnc2c1)c1c(F)cccc1Cl. The van der Waals surface area contributed by atoms with Crippen molar-refractivity contribution in [3.63, 3.8) is 0 Å². The molecule has 4 heteroatoms. The Hall–Kier alpha value is -1.97. The number of halogens is 2. The summed E-state index contributed by atoms with van der Waals surface area (Å²) in [7, 11) is 1.79. The Labute approximate surface area is 127 Å². The second-order valence-electron chi connectivity index (χ2n) is 4.81. The van der Waals surface area contributed by atoms with Crippen LogP contribution in [-0.2, 0) is 0 Å². The van der Waals surface area contributed by atoms with Crippen molar-refractivity contribution in [2.75, 3.05) is 7.05 Å². The quantitative estimate of drug-likeness (QED) is 0.778. The second-order valence-corrected chi connectivity index (χ2v) is 5.22. The monoisotopic (exact) mass is 300 g/mol. The zero-order chi connectivity index (χ0) is 14.8. The van der Waals surface area contributed by atoms with Gasteiger partial charge in [-0.2, -0.15) is 0 Å². The molecule has 2 nitrogen and oxygen atoms in total. The van der Waals surface area contributed by atoms with E-state index in [1.165, 1.54) is 6.07 Å². The van der Waals surface area contributed by atoms with Crippen LogP contribution in [0.25, 0.3) is 10.9 Å². The van der Waals surface area contributed by atoms with Gasteiger partial charge in [0, 0.05) is 22.2 Å². The smallest absolute Gasteiger partial charge is 0.129 e. The maximum Gasteiger partial charge on any atom is 0.129 e. The summed E-state index contributed by atoms with van der Waals surface area (Å²) < 4.78 is 14.1. The van der Waals surface area contributed by atoms with Gasteiger partial charge in [0.1, 0.15) is 5.82 Å². The first-order valence-corrected chi connectivity index (χ1v) is 7.04. The van der Waals surface area contributed by atoms with Crippen LogP contribution in [-0.4, -0.2) is 12.0 Å². The summed E-state index contributed by atoms with van der Waals surface area (Å²) >= 11 is 6.18. The Balaban J connectivity index is 2.14. The first-order valence-electron chi connectivity index (χ1n) is 6.66. The lowest BCUT2D eigenvalue weighted by Crippen LogP contribution is -2.19. The van der Waals surface area contributed by atoms with Crippen LogP contribution in [0.4, 0.5) is 4.39 Å². The Kier molecular flexibility index (Phi) is 3.86. The van der Waals surface area contributed by atoms with Crippen molar-refractivity contribution in [1.29, 1.82) is 0 Å². The van der Waals surface area contributed by atoms with Gasteiger partial charge in [0.05, 0.1) is 11.6 Å². The van der Waals surface area contributed by atoms with Crippen LogP contribution in [0.3, 0.4) is 0 Å². The van der Waals surface area contributed by atoms with Crippen molar-refractivity contribution >= 4 is 22.5 Å². The summed E-state index contributed by atoms with van der Waals surface area (Å²) in [6, 6.07) is 14.2. The van der Waals surface area contributed by atoms with E-state index in [1.54, 1.807) is 25.4 Å². The standard InChI is InChI=1S/C17H14ClFN2/c1-20-17(16-13(18)5-2-6-14(16)19)12-8-7-11-4-3-9-21-15(11)10-12/h2-10,17,20H,1H3. The molecule has 21 heavy (non-hydrogen) atoms. The number of hydrogen-bond acceptors (Lipinski definition) is 2. The number of nitrogens with one attached hydrogen (secondary N) is 1. The maximum atomic E-state index is 14.1. The molecule has 0 spiro atoms. The zero-order valence-electron chi connectivity index (χ0n) is 11.5. The molecule has 106 valence electrons. The van der Waals surface area contributed by atoms with Crippen molar-refractivity contribution in [3.05, 3.63) is 76.7 Å². The van der Waals surface area contributed by atoms with Crippen molar-refractivity contribution in [2.24, 2.45) is 0 Å². The van der Waals surface area contributed by atoms with Gasteiger partial charge in [0.25, 0.3) is 0 Å². The van der Waals surface area contributed by atoms with Crippen molar-refractivity contribution in [2.45, 2.75) is 6.04 Å². The summed E-state index contributed by atoms with van der Waals surface area (Å²) in [6.45, 7) is 0. The first-order chi connectivity index (χ1) is 10.2. The zero-order valence-corrected chi connectivity index (χ0v) is 12.2. The minimum absolute atomic E-state index is 0.315. The predicted molar refractivity (Wildman–Crippen MR) is 84.1 cm³/mol. The highest BCUT2D eigenvalue weighted by molar-refractivity contribution is 6.31. The highest BCUT2D eigenvalue weighted by atomic mass is 35.5. The molecule has 0 aliphatic heterocycles. The van der Waals surface area contributed by atoms with Gasteiger partial charge in [0.15, 0.2) is 0 Å². The number of fused-ring (bicyclic) bond motifs is 1. The Morgan fingerprint density at radius 3 is 2.76 bits per heavy atom. The molecule has 1 unspecified atom stereocenters. The third-order valence-corrected chi connectivity index (χ3v) is 3.87. The Morgan fingerprint density at radius 1 is 1.14 bits per heavy atom. The topological polar surface area (TPSA) is 24.9 Å². The summed E-state index contributed by atoms with van der Waals surface area (Å²) in [5.41, 5.74) is 2.26. The average molecular weight is 301 g/mol. The molecule has 0 saturated heterocycles. The van der Waals surface area contributed by atoms with Gasteiger partial charge >= 0.3 is 0 Å². The van der Waals surface area contributed by atoms with Crippen LogP contribution in [0.2, 0.25) is 5.02 Å². The molecular formula is C17H14ClFN2. The molecule has 0 radical (unpaired) electrons. The van der Waals surface area contributed by atoms with Crippen molar-refractivity contribution in [1.82, 2.24) is 10.3 Å². The Bertz CT molecular complexity index is 768. The molecule has 0 aliphatic rings. The van der Waals surface area contributed by atoms with Crippen LogP contribution in [0.5, 0.6) is 0 Å². The van der Waals surface area contributed by atoms with E-state index in [9.17, 15) is 4.39 Å². The summed E-state index contributed by atoms with van der Waals surface area (Å²) in [5, 5.41) is 4.59. The third-order valence-electron chi connectivity index (χ3n) is 3.54. The van der Waals surface area contributed by atoms with Crippen LogP contribution < -0.4 is 5.32 Å². The molecule has 3 aromatic rings. The fraction of sp³-hybridized carbons (Fsp3) is 0.118. The molecule has 2 aromatic carbocycles. The predicted octanol–water partition coefficient (Wildman–Crippen LogP) is 4.34. The average Bonchev–Trinajstić information content (AvgIpc) is 2.50. The van der Waals surface area contributed by atoms with E-state index in [-0.39, 0.29) is 11.9 Å². The fourth-order valence-corrected chi connectivity index (χ4v) is 2.80. The lowest BCUT2D eigenvalue weighted by Gasteiger charge is -2.19. The van der Waals surface area contributed by atoms with Gasteiger partial charge < -0.3 is 5.32 Å². The minimum atomic E-state index is -0.317. The highest BCUT2D eigenvalue weighted by Gasteiger charge is 2.19. The van der Waals surface area contributed by atoms with E-state index < -0.39 is 0 Å². The van der Waals surface area contributed by atoms with E-state index in [2.05, 4.69) is 10.3 Å². The van der Waals surface area contributed by atoms with Crippen LogP contribution in [0.1, 0.15) is 17.2 Å².